The van der Waals surface area contributed by atoms with E-state index in [0.29, 0.717) is 5.92 Å². The first-order valence-corrected chi connectivity index (χ1v) is 5.16. The average Bonchev–Trinajstić information content (AvgIpc) is 2.27. The molecule has 0 amide bonds. The number of benzene rings is 1. The van der Waals surface area contributed by atoms with Gasteiger partial charge in [0.15, 0.2) is 0 Å². The number of fused-ring (bicyclic) bond motifs is 1. The number of para-hydroxylation sites is 1. The zero-order valence-electron chi connectivity index (χ0n) is 8.70. The minimum Gasteiger partial charge on any atom is -0.256 e. The molecule has 0 aliphatic carbocycles. The molecule has 1 atom stereocenters. The second kappa shape index (κ2) is 3.79. The fourth-order valence-electron chi connectivity index (χ4n) is 1.59. The van der Waals surface area contributed by atoms with Crippen LogP contribution < -0.4 is 0 Å². The van der Waals surface area contributed by atoms with Crippen molar-refractivity contribution in [2.45, 2.75) is 26.2 Å². The van der Waals surface area contributed by atoms with E-state index >= 15 is 0 Å². The molecule has 0 unspecified atom stereocenters. The maximum absolute atomic E-state index is 4.45. The molecule has 2 aromatic rings. The van der Waals surface area contributed by atoms with Gasteiger partial charge < -0.3 is 0 Å². The van der Waals surface area contributed by atoms with Crippen molar-refractivity contribution in [2.75, 3.05) is 0 Å². The van der Waals surface area contributed by atoms with E-state index in [1.165, 1.54) is 17.4 Å². The third-order valence-corrected chi connectivity index (χ3v) is 2.79. The topological polar surface area (TPSA) is 12.9 Å². The molecule has 72 valence electrons. The third kappa shape index (κ3) is 1.63. The molecule has 14 heavy (non-hydrogen) atoms. The number of hydrogen-bond acceptors (Lipinski definition) is 1. The van der Waals surface area contributed by atoms with Crippen molar-refractivity contribution in [2.24, 2.45) is 0 Å². The molecule has 0 saturated carbocycles. The Morgan fingerprint density at radius 2 is 2.07 bits per heavy atom. The highest BCUT2D eigenvalue weighted by molar-refractivity contribution is 5.78. The fourth-order valence-corrected chi connectivity index (χ4v) is 1.59. The maximum Gasteiger partial charge on any atom is 0.0702 e. The summed E-state index contributed by atoms with van der Waals surface area (Å²) in [6, 6.07) is 10.5. The standard InChI is InChI=1S/C13H15N/c1-3-10(2)12-8-11-6-4-5-7-13(11)14-9-12/h4-10H,3H2,1-2H3/t10-/m1/s1. The molecule has 2 rings (SSSR count). The Labute approximate surface area is 84.8 Å². The van der Waals surface area contributed by atoms with Gasteiger partial charge in [-0.15, -0.1) is 0 Å². The Morgan fingerprint density at radius 3 is 2.86 bits per heavy atom. The SMILES string of the molecule is CC[C@@H](C)c1cnc2ccccc2c1. The summed E-state index contributed by atoms with van der Waals surface area (Å²) in [5, 5.41) is 1.24. The predicted molar refractivity (Wildman–Crippen MR) is 60.4 cm³/mol. The first-order chi connectivity index (χ1) is 6.81. The van der Waals surface area contributed by atoms with Crippen LogP contribution in [0.4, 0.5) is 0 Å². The summed E-state index contributed by atoms with van der Waals surface area (Å²) in [4.78, 5) is 4.45. The molecule has 1 heterocycles. The number of pyridine rings is 1. The van der Waals surface area contributed by atoms with Gasteiger partial charge in [-0.1, -0.05) is 32.0 Å². The van der Waals surface area contributed by atoms with Crippen LogP contribution in [0.2, 0.25) is 0 Å². The van der Waals surface area contributed by atoms with Gasteiger partial charge in [-0.05, 0) is 30.0 Å². The van der Waals surface area contributed by atoms with Gasteiger partial charge in [-0.2, -0.15) is 0 Å². The molecule has 0 fully saturated rings. The molecule has 1 aromatic heterocycles. The van der Waals surface area contributed by atoms with Crippen LogP contribution in [0.3, 0.4) is 0 Å². The Morgan fingerprint density at radius 1 is 1.29 bits per heavy atom. The van der Waals surface area contributed by atoms with E-state index < -0.39 is 0 Å². The quantitative estimate of drug-likeness (QED) is 0.694. The molecule has 1 nitrogen and oxygen atoms in total. The highest BCUT2D eigenvalue weighted by Crippen LogP contribution is 2.21. The lowest BCUT2D eigenvalue weighted by Gasteiger charge is -2.08. The summed E-state index contributed by atoms with van der Waals surface area (Å²) in [5.74, 6) is 0.604. The molecule has 0 spiro atoms. The highest BCUT2D eigenvalue weighted by atomic mass is 14.6. The van der Waals surface area contributed by atoms with E-state index in [2.05, 4.69) is 43.1 Å². The third-order valence-electron chi connectivity index (χ3n) is 2.79. The zero-order chi connectivity index (χ0) is 9.97. The largest absolute Gasteiger partial charge is 0.256 e. The average molecular weight is 185 g/mol. The minimum absolute atomic E-state index is 0.604. The van der Waals surface area contributed by atoms with Gasteiger partial charge >= 0.3 is 0 Å². The molecular weight excluding hydrogens is 170 g/mol. The summed E-state index contributed by atoms with van der Waals surface area (Å²) < 4.78 is 0. The normalized spacial score (nSPS) is 13.0. The Kier molecular flexibility index (Phi) is 2.49. The Balaban J connectivity index is 2.51. The van der Waals surface area contributed by atoms with Crippen molar-refractivity contribution in [3.05, 3.63) is 42.1 Å². The molecule has 0 saturated heterocycles. The first-order valence-electron chi connectivity index (χ1n) is 5.16. The van der Waals surface area contributed by atoms with Gasteiger partial charge in [0, 0.05) is 11.6 Å². The first kappa shape index (κ1) is 9.20. The molecule has 1 heteroatoms. The van der Waals surface area contributed by atoms with Crippen LogP contribution in [-0.2, 0) is 0 Å². The van der Waals surface area contributed by atoms with Crippen LogP contribution in [0.5, 0.6) is 0 Å². The van der Waals surface area contributed by atoms with Crippen LogP contribution >= 0.6 is 0 Å². The van der Waals surface area contributed by atoms with Crippen molar-refractivity contribution in [1.82, 2.24) is 4.98 Å². The van der Waals surface area contributed by atoms with Gasteiger partial charge in [-0.25, -0.2) is 0 Å². The van der Waals surface area contributed by atoms with Gasteiger partial charge in [0.25, 0.3) is 0 Å². The molecular formula is C13H15N. The molecule has 0 aliphatic heterocycles. The van der Waals surface area contributed by atoms with Crippen LogP contribution in [0, 0.1) is 0 Å². The fraction of sp³-hybridized carbons (Fsp3) is 0.308. The van der Waals surface area contributed by atoms with Crippen molar-refractivity contribution in [3.8, 4) is 0 Å². The highest BCUT2D eigenvalue weighted by Gasteiger charge is 2.03. The monoisotopic (exact) mass is 185 g/mol. The molecule has 0 N–H and O–H groups in total. The molecule has 0 aliphatic rings. The second-order valence-electron chi connectivity index (χ2n) is 3.77. The zero-order valence-corrected chi connectivity index (χ0v) is 8.70. The van der Waals surface area contributed by atoms with E-state index in [1.807, 2.05) is 12.3 Å². The van der Waals surface area contributed by atoms with E-state index in [9.17, 15) is 0 Å². The number of nitrogens with zero attached hydrogens (tertiary/aromatic N) is 1. The Bertz CT molecular complexity index is 434. The van der Waals surface area contributed by atoms with Gasteiger partial charge in [0.1, 0.15) is 0 Å². The summed E-state index contributed by atoms with van der Waals surface area (Å²) in [6.07, 6.45) is 3.16. The summed E-state index contributed by atoms with van der Waals surface area (Å²) in [6.45, 7) is 4.45. The van der Waals surface area contributed by atoms with Gasteiger partial charge in [0.05, 0.1) is 5.52 Å². The van der Waals surface area contributed by atoms with Crippen molar-refractivity contribution in [1.29, 1.82) is 0 Å². The summed E-state index contributed by atoms with van der Waals surface area (Å²) >= 11 is 0. The minimum atomic E-state index is 0.604. The van der Waals surface area contributed by atoms with Crippen molar-refractivity contribution >= 4 is 10.9 Å². The Hall–Kier alpha value is -1.37. The molecule has 0 bridgehead atoms. The van der Waals surface area contributed by atoms with E-state index in [0.717, 1.165) is 5.52 Å². The predicted octanol–water partition coefficient (Wildman–Crippen LogP) is 3.75. The maximum atomic E-state index is 4.45. The van der Waals surface area contributed by atoms with Crippen molar-refractivity contribution < 1.29 is 0 Å². The molecule has 1 aromatic carbocycles. The number of aromatic nitrogens is 1. The van der Waals surface area contributed by atoms with E-state index in [-0.39, 0.29) is 0 Å². The smallest absolute Gasteiger partial charge is 0.0702 e. The number of hydrogen-bond donors (Lipinski definition) is 0. The van der Waals surface area contributed by atoms with E-state index in [4.69, 9.17) is 0 Å². The van der Waals surface area contributed by atoms with Crippen LogP contribution in [-0.4, -0.2) is 4.98 Å². The van der Waals surface area contributed by atoms with E-state index in [1.54, 1.807) is 0 Å². The van der Waals surface area contributed by atoms with Crippen molar-refractivity contribution in [3.63, 3.8) is 0 Å². The molecule has 0 radical (unpaired) electrons. The summed E-state index contributed by atoms with van der Waals surface area (Å²) in [5.41, 5.74) is 2.42. The van der Waals surface area contributed by atoms with Crippen LogP contribution in [0.25, 0.3) is 10.9 Å². The van der Waals surface area contributed by atoms with Gasteiger partial charge in [0.2, 0.25) is 0 Å². The second-order valence-corrected chi connectivity index (χ2v) is 3.77. The van der Waals surface area contributed by atoms with Crippen LogP contribution in [0.1, 0.15) is 31.7 Å². The number of rotatable bonds is 2. The lowest BCUT2D eigenvalue weighted by atomic mass is 9.99. The van der Waals surface area contributed by atoms with Crippen LogP contribution in [0.15, 0.2) is 36.5 Å². The lowest BCUT2D eigenvalue weighted by Crippen LogP contribution is -1.92. The lowest BCUT2D eigenvalue weighted by molar-refractivity contribution is 0.731. The summed E-state index contributed by atoms with van der Waals surface area (Å²) in [7, 11) is 0. The van der Waals surface area contributed by atoms with Gasteiger partial charge in [-0.3, -0.25) is 4.98 Å².